The molecule has 2 amide bonds. The van der Waals surface area contributed by atoms with Gasteiger partial charge in [0.25, 0.3) is 11.8 Å². The third-order valence-electron chi connectivity index (χ3n) is 3.39. The highest BCUT2D eigenvalue weighted by molar-refractivity contribution is 5.95. The van der Waals surface area contributed by atoms with Crippen LogP contribution in [-0.4, -0.2) is 38.3 Å². The Bertz CT molecular complexity index is 624. The maximum atomic E-state index is 12.1. The number of benzene rings is 2. The number of nitrogens with one attached hydrogen (secondary N) is 2. The zero-order valence-corrected chi connectivity index (χ0v) is 13.0. The van der Waals surface area contributed by atoms with E-state index in [0.717, 1.165) is 11.1 Å². The highest BCUT2D eigenvalue weighted by atomic mass is 19.1. The summed E-state index contributed by atoms with van der Waals surface area (Å²) < 4.78 is 24.1. The Morgan fingerprint density at radius 1 is 0.667 bits per heavy atom. The van der Waals surface area contributed by atoms with Crippen LogP contribution in [-0.2, 0) is 0 Å². The summed E-state index contributed by atoms with van der Waals surface area (Å²) in [4.78, 5) is 23.4. The lowest BCUT2D eigenvalue weighted by Crippen LogP contribution is -2.25. The molecule has 2 aromatic rings. The zero-order valence-electron chi connectivity index (χ0n) is 13.0. The van der Waals surface area contributed by atoms with Crippen molar-refractivity contribution in [2.75, 3.05) is 26.4 Å². The van der Waals surface area contributed by atoms with E-state index in [1.54, 1.807) is 48.5 Å². The first kappa shape index (κ1) is 17.6. The van der Waals surface area contributed by atoms with Gasteiger partial charge in [-0.2, -0.15) is 0 Å². The average Bonchev–Trinajstić information content (AvgIpc) is 2.64. The van der Waals surface area contributed by atoms with Gasteiger partial charge in [-0.05, 0) is 35.4 Å². The lowest BCUT2D eigenvalue weighted by molar-refractivity contribution is 0.0943. The summed E-state index contributed by atoms with van der Waals surface area (Å²) >= 11 is 0. The summed E-state index contributed by atoms with van der Waals surface area (Å²) in [6.45, 7) is -1.22. The van der Waals surface area contributed by atoms with Gasteiger partial charge in [0.2, 0.25) is 0 Å². The Labute approximate surface area is 138 Å². The molecule has 6 heteroatoms. The SMILES string of the molecule is O=C(NCCF)c1ccc(-c2ccc(C(=O)NCCF)cc2)cc1. The topological polar surface area (TPSA) is 58.2 Å². The van der Waals surface area contributed by atoms with Crippen molar-refractivity contribution in [3.8, 4) is 11.1 Å². The summed E-state index contributed by atoms with van der Waals surface area (Å²) in [6, 6.07) is 13.8. The van der Waals surface area contributed by atoms with Crippen molar-refractivity contribution in [2.45, 2.75) is 0 Å². The molecule has 126 valence electrons. The first-order valence-corrected chi connectivity index (χ1v) is 7.54. The number of rotatable bonds is 7. The Hall–Kier alpha value is -2.76. The van der Waals surface area contributed by atoms with E-state index in [1.165, 1.54) is 0 Å². The monoisotopic (exact) mass is 332 g/mol. The second kappa shape index (κ2) is 8.76. The van der Waals surface area contributed by atoms with Gasteiger partial charge in [0.1, 0.15) is 13.3 Å². The van der Waals surface area contributed by atoms with Crippen molar-refractivity contribution in [3.63, 3.8) is 0 Å². The average molecular weight is 332 g/mol. The number of halogens is 2. The lowest BCUT2D eigenvalue weighted by Gasteiger charge is -2.07. The molecule has 0 aromatic heterocycles. The normalized spacial score (nSPS) is 10.2. The molecule has 2 N–H and O–H groups in total. The van der Waals surface area contributed by atoms with Crippen molar-refractivity contribution in [1.82, 2.24) is 10.6 Å². The van der Waals surface area contributed by atoms with E-state index in [2.05, 4.69) is 10.6 Å². The Kier molecular flexibility index (Phi) is 6.42. The highest BCUT2D eigenvalue weighted by Crippen LogP contribution is 2.20. The largest absolute Gasteiger partial charge is 0.349 e. The molecule has 0 saturated carbocycles. The lowest BCUT2D eigenvalue weighted by atomic mass is 10.0. The van der Waals surface area contributed by atoms with E-state index < -0.39 is 13.3 Å². The van der Waals surface area contributed by atoms with Crippen LogP contribution in [0.5, 0.6) is 0 Å². The van der Waals surface area contributed by atoms with Crippen LogP contribution in [0.1, 0.15) is 20.7 Å². The second-order valence-electron chi connectivity index (χ2n) is 5.04. The van der Waals surface area contributed by atoms with E-state index in [-0.39, 0.29) is 24.9 Å². The molecular formula is C18H18F2N2O2. The van der Waals surface area contributed by atoms with Gasteiger partial charge in [-0.1, -0.05) is 24.3 Å². The highest BCUT2D eigenvalue weighted by Gasteiger charge is 2.07. The molecule has 0 atom stereocenters. The number of hydrogen-bond acceptors (Lipinski definition) is 2. The molecule has 0 fully saturated rings. The Morgan fingerprint density at radius 2 is 1.00 bits per heavy atom. The van der Waals surface area contributed by atoms with Gasteiger partial charge in [0, 0.05) is 24.2 Å². The van der Waals surface area contributed by atoms with Gasteiger partial charge < -0.3 is 10.6 Å². The van der Waals surface area contributed by atoms with Crippen LogP contribution in [0.4, 0.5) is 8.78 Å². The molecule has 0 spiro atoms. The number of alkyl halides is 2. The zero-order chi connectivity index (χ0) is 17.4. The van der Waals surface area contributed by atoms with Crippen LogP contribution >= 0.6 is 0 Å². The third-order valence-corrected chi connectivity index (χ3v) is 3.39. The second-order valence-corrected chi connectivity index (χ2v) is 5.04. The summed E-state index contributed by atoms with van der Waals surface area (Å²) in [5.41, 5.74) is 2.67. The van der Waals surface area contributed by atoms with Gasteiger partial charge in [0.15, 0.2) is 0 Å². The Morgan fingerprint density at radius 3 is 1.29 bits per heavy atom. The number of carbonyl (C=O) groups excluding carboxylic acids is 2. The number of carbonyl (C=O) groups is 2. The maximum Gasteiger partial charge on any atom is 0.251 e. The summed E-state index contributed by atoms with van der Waals surface area (Å²) in [5, 5.41) is 4.92. The fraction of sp³-hybridized carbons (Fsp3) is 0.222. The Balaban J connectivity index is 2.06. The molecule has 0 aliphatic rings. The van der Waals surface area contributed by atoms with Crippen molar-refractivity contribution >= 4 is 11.8 Å². The fourth-order valence-electron chi connectivity index (χ4n) is 2.15. The van der Waals surface area contributed by atoms with E-state index >= 15 is 0 Å². The minimum atomic E-state index is -0.602. The molecular weight excluding hydrogens is 314 g/mol. The van der Waals surface area contributed by atoms with E-state index in [9.17, 15) is 18.4 Å². The predicted molar refractivity (Wildman–Crippen MR) is 88.5 cm³/mol. The minimum Gasteiger partial charge on any atom is -0.349 e. The number of amides is 2. The first-order valence-electron chi connectivity index (χ1n) is 7.54. The third kappa shape index (κ3) is 4.62. The summed E-state index contributed by atoms with van der Waals surface area (Å²) in [5.74, 6) is -0.641. The molecule has 0 heterocycles. The fourth-order valence-corrected chi connectivity index (χ4v) is 2.15. The molecule has 2 aromatic carbocycles. The van der Waals surface area contributed by atoms with Gasteiger partial charge in [-0.15, -0.1) is 0 Å². The maximum absolute atomic E-state index is 12.1. The summed E-state index contributed by atoms with van der Waals surface area (Å²) in [7, 11) is 0. The van der Waals surface area contributed by atoms with Crippen molar-refractivity contribution in [3.05, 3.63) is 59.7 Å². The standard InChI is InChI=1S/C18H18F2N2O2/c19-9-11-21-17(23)15-5-1-13(2-6-15)14-3-7-16(8-4-14)18(24)22-12-10-20/h1-8H,9-12H2,(H,21,23)(H,22,24). The van der Waals surface area contributed by atoms with Crippen molar-refractivity contribution in [2.24, 2.45) is 0 Å². The van der Waals surface area contributed by atoms with Gasteiger partial charge in [-0.3, -0.25) is 9.59 Å². The molecule has 0 aliphatic carbocycles. The molecule has 0 bridgehead atoms. The summed E-state index contributed by atoms with van der Waals surface area (Å²) in [6.07, 6.45) is 0. The molecule has 4 nitrogen and oxygen atoms in total. The van der Waals surface area contributed by atoms with Crippen LogP contribution in [0.25, 0.3) is 11.1 Å². The quantitative estimate of drug-likeness (QED) is 0.819. The van der Waals surface area contributed by atoms with Crippen LogP contribution in [0.3, 0.4) is 0 Å². The van der Waals surface area contributed by atoms with Crippen molar-refractivity contribution < 1.29 is 18.4 Å². The smallest absolute Gasteiger partial charge is 0.251 e. The van der Waals surface area contributed by atoms with Crippen LogP contribution in [0.15, 0.2) is 48.5 Å². The van der Waals surface area contributed by atoms with Crippen molar-refractivity contribution in [1.29, 1.82) is 0 Å². The molecule has 2 rings (SSSR count). The van der Waals surface area contributed by atoms with Crippen LogP contribution in [0.2, 0.25) is 0 Å². The minimum absolute atomic E-state index is 0.00742. The molecule has 0 aliphatic heterocycles. The first-order chi connectivity index (χ1) is 11.7. The molecule has 0 radical (unpaired) electrons. The van der Waals surface area contributed by atoms with Crippen LogP contribution in [0, 0.1) is 0 Å². The van der Waals surface area contributed by atoms with Gasteiger partial charge in [0.05, 0.1) is 0 Å². The van der Waals surface area contributed by atoms with E-state index in [1.807, 2.05) is 0 Å². The van der Waals surface area contributed by atoms with E-state index in [4.69, 9.17) is 0 Å². The van der Waals surface area contributed by atoms with E-state index in [0.29, 0.717) is 11.1 Å². The van der Waals surface area contributed by atoms with Gasteiger partial charge >= 0.3 is 0 Å². The molecule has 24 heavy (non-hydrogen) atoms. The van der Waals surface area contributed by atoms with Gasteiger partial charge in [-0.25, -0.2) is 8.78 Å². The molecule has 0 unspecified atom stereocenters. The van der Waals surface area contributed by atoms with Crippen LogP contribution < -0.4 is 10.6 Å². The number of hydrogen-bond donors (Lipinski definition) is 2. The molecule has 0 saturated heterocycles. The predicted octanol–water partition coefficient (Wildman–Crippen LogP) is 2.75.